The summed E-state index contributed by atoms with van der Waals surface area (Å²) in [5, 5.41) is 5.75. The molecule has 7 nitrogen and oxygen atoms in total. The molecule has 1 rings (SSSR count). The Hall–Kier alpha value is -1.28. The molecule has 1 aliphatic heterocycles. The number of amides is 1. The minimum absolute atomic E-state index is 0.0881. The van der Waals surface area contributed by atoms with Crippen molar-refractivity contribution in [3.05, 3.63) is 0 Å². The third-order valence-corrected chi connectivity index (χ3v) is 3.98. The zero-order chi connectivity index (χ0) is 15.0. The van der Waals surface area contributed by atoms with Gasteiger partial charge in [0.2, 0.25) is 5.91 Å². The van der Waals surface area contributed by atoms with Crippen molar-refractivity contribution in [3.63, 3.8) is 0 Å². The second-order valence-electron chi connectivity index (χ2n) is 4.35. The fourth-order valence-electron chi connectivity index (χ4n) is 1.81. The van der Waals surface area contributed by atoms with E-state index in [1.165, 1.54) is 14.2 Å². The van der Waals surface area contributed by atoms with Crippen molar-refractivity contribution in [2.45, 2.75) is 24.9 Å². The first-order valence-corrected chi connectivity index (χ1v) is 7.47. The van der Waals surface area contributed by atoms with Gasteiger partial charge in [-0.2, -0.15) is 11.8 Å². The first-order valence-electron chi connectivity index (χ1n) is 6.32. The van der Waals surface area contributed by atoms with Gasteiger partial charge in [-0.1, -0.05) is 0 Å². The van der Waals surface area contributed by atoms with Gasteiger partial charge in [0.25, 0.3) is 0 Å². The van der Waals surface area contributed by atoms with Crippen LogP contribution in [0.1, 0.15) is 12.8 Å². The minimum Gasteiger partial charge on any atom is -0.469 e. The molecule has 1 heterocycles. The highest BCUT2D eigenvalue weighted by Crippen LogP contribution is 2.10. The summed E-state index contributed by atoms with van der Waals surface area (Å²) in [6.45, 7) is 0.866. The summed E-state index contributed by atoms with van der Waals surface area (Å²) >= 11 is 1.78. The molecule has 0 spiro atoms. The highest BCUT2D eigenvalue weighted by Gasteiger charge is 2.26. The summed E-state index contributed by atoms with van der Waals surface area (Å²) in [6.07, 6.45) is 0.0312. The number of esters is 2. The van der Waals surface area contributed by atoms with Gasteiger partial charge in [0.05, 0.1) is 20.6 Å². The van der Waals surface area contributed by atoms with Crippen molar-refractivity contribution >= 4 is 29.6 Å². The van der Waals surface area contributed by atoms with E-state index in [2.05, 4.69) is 20.1 Å². The summed E-state index contributed by atoms with van der Waals surface area (Å²) in [6, 6.07) is -0.915. The number of thioether (sulfide) groups is 1. The molecule has 0 aromatic heterocycles. The molecule has 1 fully saturated rings. The molecule has 2 unspecified atom stereocenters. The number of ether oxygens (including phenoxy) is 2. The van der Waals surface area contributed by atoms with Gasteiger partial charge in [-0.3, -0.25) is 9.59 Å². The molecule has 0 bridgehead atoms. The maximum absolute atomic E-state index is 11.9. The van der Waals surface area contributed by atoms with Crippen LogP contribution in [0.3, 0.4) is 0 Å². The summed E-state index contributed by atoms with van der Waals surface area (Å²) in [7, 11) is 2.43. The second-order valence-corrected chi connectivity index (χ2v) is 5.50. The van der Waals surface area contributed by atoms with E-state index in [4.69, 9.17) is 0 Å². The SMILES string of the molecule is COC(=O)CC(NC(=O)CC1CSCCN1)C(=O)OC. The Morgan fingerprint density at radius 3 is 2.65 bits per heavy atom. The van der Waals surface area contributed by atoms with E-state index in [0.717, 1.165) is 18.1 Å². The normalized spacial score (nSPS) is 19.8. The van der Waals surface area contributed by atoms with Crippen molar-refractivity contribution in [1.29, 1.82) is 0 Å². The molecule has 114 valence electrons. The highest BCUT2D eigenvalue weighted by atomic mass is 32.2. The Balaban J connectivity index is 2.47. The van der Waals surface area contributed by atoms with Crippen molar-refractivity contribution in [1.82, 2.24) is 10.6 Å². The zero-order valence-corrected chi connectivity index (χ0v) is 12.5. The molecule has 1 saturated heterocycles. The molecule has 0 radical (unpaired) electrons. The van der Waals surface area contributed by atoms with Crippen LogP contribution >= 0.6 is 11.8 Å². The molecule has 0 aromatic carbocycles. The fraction of sp³-hybridized carbons (Fsp3) is 0.750. The van der Waals surface area contributed by atoms with Crippen LogP contribution in [-0.4, -0.2) is 62.2 Å². The lowest BCUT2D eigenvalue weighted by molar-refractivity contribution is -0.150. The molecule has 8 heteroatoms. The Bertz CT molecular complexity index is 358. The largest absolute Gasteiger partial charge is 0.469 e. The molecule has 20 heavy (non-hydrogen) atoms. The Kier molecular flexibility index (Phi) is 7.38. The van der Waals surface area contributed by atoms with Crippen molar-refractivity contribution in [3.8, 4) is 0 Å². The molecule has 0 aromatic rings. The van der Waals surface area contributed by atoms with Crippen molar-refractivity contribution in [2.24, 2.45) is 0 Å². The Morgan fingerprint density at radius 2 is 2.10 bits per heavy atom. The summed E-state index contributed by atoms with van der Waals surface area (Å²) in [5.41, 5.74) is 0. The topological polar surface area (TPSA) is 93.7 Å². The highest BCUT2D eigenvalue weighted by molar-refractivity contribution is 7.99. The van der Waals surface area contributed by atoms with Crippen LogP contribution in [0.25, 0.3) is 0 Å². The third kappa shape index (κ3) is 5.79. The minimum atomic E-state index is -1.00. The second kappa shape index (κ2) is 8.80. The van der Waals surface area contributed by atoms with Crippen molar-refractivity contribution < 1.29 is 23.9 Å². The first-order chi connectivity index (χ1) is 9.56. The van der Waals surface area contributed by atoms with Gasteiger partial charge in [-0.25, -0.2) is 4.79 Å². The van der Waals surface area contributed by atoms with Gasteiger partial charge in [0, 0.05) is 30.5 Å². The molecule has 2 atom stereocenters. The summed E-state index contributed by atoms with van der Waals surface area (Å²) in [4.78, 5) is 34.6. The van der Waals surface area contributed by atoms with Crippen LogP contribution in [0.15, 0.2) is 0 Å². The predicted octanol–water partition coefficient (Wildman–Crippen LogP) is -0.698. The standard InChI is InChI=1S/C12H20N2O5S/c1-18-11(16)6-9(12(17)19-2)14-10(15)5-8-7-20-4-3-13-8/h8-9,13H,3-7H2,1-2H3,(H,14,15). The lowest BCUT2D eigenvalue weighted by Crippen LogP contribution is -2.47. The summed E-state index contributed by atoms with van der Waals surface area (Å²) < 4.78 is 9.06. The lowest BCUT2D eigenvalue weighted by Gasteiger charge is -2.23. The molecule has 2 N–H and O–H groups in total. The number of hydrogen-bond acceptors (Lipinski definition) is 7. The Morgan fingerprint density at radius 1 is 1.35 bits per heavy atom. The zero-order valence-electron chi connectivity index (χ0n) is 11.6. The first kappa shape index (κ1) is 16.8. The monoisotopic (exact) mass is 304 g/mol. The van der Waals surface area contributed by atoms with Crippen LogP contribution in [0.4, 0.5) is 0 Å². The quantitative estimate of drug-likeness (QED) is 0.627. The van der Waals surface area contributed by atoms with E-state index < -0.39 is 18.0 Å². The maximum Gasteiger partial charge on any atom is 0.328 e. The smallest absolute Gasteiger partial charge is 0.328 e. The number of methoxy groups -OCH3 is 2. The van der Waals surface area contributed by atoms with Gasteiger partial charge >= 0.3 is 11.9 Å². The average Bonchev–Trinajstić information content (AvgIpc) is 2.46. The van der Waals surface area contributed by atoms with E-state index in [0.29, 0.717) is 0 Å². The van der Waals surface area contributed by atoms with Gasteiger partial charge in [0.1, 0.15) is 6.04 Å². The fourth-order valence-corrected chi connectivity index (χ4v) is 2.76. The Labute approximate surface area is 122 Å². The predicted molar refractivity (Wildman–Crippen MR) is 74.3 cm³/mol. The number of nitrogens with one attached hydrogen (secondary N) is 2. The van der Waals surface area contributed by atoms with E-state index in [-0.39, 0.29) is 24.8 Å². The molecule has 0 saturated carbocycles. The van der Waals surface area contributed by atoms with Crippen LogP contribution < -0.4 is 10.6 Å². The molecule has 1 amide bonds. The van der Waals surface area contributed by atoms with E-state index in [1.807, 2.05) is 0 Å². The van der Waals surface area contributed by atoms with E-state index >= 15 is 0 Å². The van der Waals surface area contributed by atoms with Crippen LogP contribution in [0, 0.1) is 0 Å². The van der Waals surface area contributed by atoms with Crippen LogP contribution in [-0.2, 0) is 23.9 Å². The molecular formula is C12H20N2O5S. The maximum atomic E-state index is 11.9. The van der Waals surface area contributed by atoms with Crippen molar-refractivity contribution in [2.75, 3.05) is 32.3 Å². The van der Waals surface area contributed by atoms with Gasteiger partial charge < -0.3 is 20.1 Å². The number of carbonyl (C=O) groups is 3. The number of rotatable bonds is 6. The number of carbonyl (C=O) groups excluding carboxylic acids is 3. The van der Waals surface area contributed by atoms with Gasteiger partial charge in [-0.05, 0) is 0 Å². The van der Waals surface area contributed by atoms with Crippen LogP contribution in [0.2, 0.25) is 0 Å². The van der Waals surface area contributed by atoms with E-state index in [9.17, 15) is 14.4 Å². The van der Waals surface area contributed by atoms with Crippen LogP contribution in [0.5, 0.6) is 0 Å². The van der Waals surface area contributed by atoms with E-state index in [1.54, 1.807) is 11.8 Å². The van der Waals surface area contributed by atoms with Gasteiger partial charge in [-0.15, -0.1) is 0 Å². The lowest BCUT2D eigenvalue weighted by atomic mass is 10.1. The third-order valence-electron chi connectivity index (χ3n) is 2.85. The summed E-state index contributed by atoms with van der Waals surface area (Å²) in [5.74, 6) is 0.365. The molecule has 1 aliphatic rings. The molecule has 0 aliphatic carbocycles. The van der Waals surface area contributed by atoms with Gasteiger partial charge in [0.15, 0.2) is 0 Å². The average molecular weight is 304 g/mol. The number of hydrogen-bond donors (Lipinski definition) is 2. The molecular weight excluding hydrogens is 284 g/mol.